The highest BCUT2D eigenvalue weighted by Gasteiger charge is 2.55. The van der Waals surface area contributed by atoms with Crippen LogP contribution in [0.3, 0.4) is 0 Å². The van der Waals surface area contributed by atoms with Crippen LogP contribution < -0.4 is 0 Å². The minimum absolute atomic E-state index is 0.158. The molecule has 7 N–H and O–H groups in total. The number of hydrogen-bond acceptors (Lipinski definition) is 10. The van der Waals surface area contributed by atoms with E-state index < -0.39 is 73.6 Å². The van der Waals surface area contributed by atoms with Crippen LogP contribution in [0.4, 0.5) is 0 Å². The predicted molar refractivity (Wildman–Crippen MR) is 83.6 cm³/mol. The minimum atomic E-state index is -1.85. The lowest BCUT2D eigenvalue weighted by atomic mass is 9.79. The van der Waals surface area contributed by atoms with Crippen LogP contribution >= 0.6 is 0 Å². The molecule has 11 heteroatoms. The quantitative estimate of drug-likeness (QED) is 0.233. The van der Waals surface area contributed by atoms with E-state index in [1.165, 1.54) is 12.2 Å². The van der Waals surface area contributed by atoms with E-state index in [2.05, 4.69) is 0 Å². The molecule has 2 heterocycles. The lowest BCUT2D eigenvalue weighted by Crippen LogP contribution is -2.61. The Morgan fingerprint density at radius 1 is 1.15 bits per heavy atom. The fraction of sp³-hybridized carbons (Fsp3) is 0.688. The van der Waals surface area contributed by atoms with Gasteiger partial charge in [0.25, 0.3) is 0 Å². The maximum atomic E-state index is 11.4. The van der Waals surface area contributed by atoms with Crippen molar-refractivity contribution in [2.75, 3.05) is 13.2 Å². The lowest BCUT2D eigenvalue weighted by molar-refractivity contribution is -0.346. The van der Waals surface area contributed by atoms with Gasteiger partial charge in [-0.1, -0.05) is 12.2 Å². The molecule has 152 valence electrons. The molecule has 0 aromatic heterocycles. The predicted octanol–water partition coefficient (Wildman–Crippen LogP) is -3.35. The third-order valence-electron chi connectivity index (χ3n) is 5.15. The van der Waals surface area contributed by atoms with Crippen molar-refractivity contribution in [1.82, 2.24) is 0 Å². The molecule has 0 radical (unpaired) electrons. The molecule has 0 unspecified atom stereocenters. The smallest absolute Gasteiger partial charge is 0.335 e. The summed E-state index contributed by atoms with van der Waals surface area (Å²) in [6, 6.07) is 0. The summed E-state index contributed by atoms with van der Waals surface area (Å²) in [6.45, 7) is -1.40. The van der Waals surface area contributed by atoms with E-state index in [9.17, 15) is 40.5 Å². The largest absolute Gasteiger partial charge is 0.478 e. The molecule has 0 bridgehead atoms. The highest BCUT2D eigenvalue weighted by Crippen LogP contribution is 2.45. The summed E-state index contributed by atoms with van der Waals surface area (Å²) >= 11 is 0. The van der Waals surface area contributed by atoms with Gasteiger partial charge < -0.3 is 50.0 Å². The monoisotopic (exact) mass is 390 g/mol. The summed E-state index contributed by atoms with van der Waals surface area (Å²) in [4.78, 5) is 11.4. The van der Waals surface area contributed by atoms with Gasteiger partial charge in [-0.25, -0.2) is 4.79 Å². The number of carboxylic acids is 1. The molecule has 0 saturated carbocycles. The third-order valence-corrected chi connectivity index (χ3v) is 5.15. The number of aliphatic hydroxyl groups excluding tert-OH is 5. The van der Waals surface area contributed by atoms with Gasteiger partial charge in [0.15, 0.2) is 6.29 Å². The zero-order valence-corrected chi connectivity index (χ0v) is 14.0. The molecule has 11 nitrogen and oxygen atoms in total. The first-order chi connectivity index (χ1) is 12.7. The molecule has 0 spiro atoms. The van der Waals surface area contributed by atoms with Crippen molar-refractivity contribution < 1.29 is 54.8 Å². The Bertz CT molecular complexity index is 632. The molecule has 1 saturated heterocycles. The van der Waals surface area contributed by atoms with E-state index in [-0.39, 0.29) is 5.57 Å². The zero-order chi connectivity index (χ0) is 19.9. The van der Waals surface area contributed by atoms with Crippen molar-refractivity contribution in [2.24, 2.45) is 11.8 Å². The number of rotatable bonds is 5. The fourth-order valence-corrected chi connectivity index (χ4v) is 3.60. The summed E-state index contributed by atoms with van der Waals surface area (Å²) in [5, 5.41) is 68.4. The number of carboxylic acid groups (broad SMARTS) is 1. The van der Waals surface area contributed by atoms with Crippen molar-refractivity contribution in [2.45, 2.75) is 42.6 Å². The van der Waals surface area contributed by atoms with Crippen LogP contribution in [-0.4, -0.2) is 97.5 Å². The van der Waals surface area contributed by atoms with Crippen LogP contribution in [0, 0.1) is 11.8 Å². The number of hydrogen-bond donors (Lipinski definition) is 7. The summed E-state index contributed by atoms with van der Waals surface area (Å²) < 4.78 is 16.0. The van der Waals surface area contributed by atoms with Crippen molar-refractivity contribution in [3.8, 4) is 0 Å². The fourth-order valence-electron chi connectivity index (χ4n) is 3.60. The molecule has 2 aliphatic heterocycles. The van der Waals surface area contributed by atoms with Gasteiger partial charge in [0.1, 0.15) is 30.0 Å². The molecule has 1 aliphatic carbocycles. The highest BCUT2D eigenvalue weighted by atomic mass is 16.8. The van der Waals surface area contributed by atoms with E-state index >= 15 is 0 Å². The van der Waals surface area contributed by atoms with E-state index in [0.29, 0.717) is 0 Å². The molecule has 3 rings (SSSR count). The molecular formula is C16H22O11. The Labute approximate surface area is 153 Å². The van der Waals surface area contributed by atoms with Gasteiger partial charge in [0, 0.05) is 5.92 Å². The first kappa shape index (κ1) is 20.2. The molecule has 0 aromatic carbocycles. The second-order valence-corrected chi connectivity index (χ2v) is 6.78. The average molecular weight is 390 g/mol. The molecule has 9 atom stereocenters. The van der Waals surface area contributed by atoms with Crippen LogP contribution in [0.5, 0.6) is 0 Å². The number of allylic oxidation sites excluding steroid dienone is 1. The number of aliphatic hydroxyl groups is 6. The molecular weight excluding hydrogens is 368 g/mol. The van der Waals surface area contributed by atoms with Gasteiger partial charge in [-0.15, -0.1) is 0 Å². The van der Waals surface area contributed by atoms with Crippen LogP contribution in [0.15, 0.2) is 24.0 Å². The van der Waals surface area contributed by atoms with Gasteiger partial charge in [-0.2, -0.15) is 0 Å². The number of aliphatic carboxylic acids is 1. The summed E-state index contributed by atoms with van der Waals surface area (Å²) in [6.07, 6.45) is -5.48. The number of carbonyl (C=O) groups is 1. The summed E-state index contributed by atoms with van der Waals surface area (Å²) in [5.74, 6) is -3.20. The van der Waals surface area contributed by atoms with Crippen LogP contribution in [0.25, 0.3) is 0 Å². The zero-order valence-electron chi connectivity index (χ0n) is 14.0. The topological polar surface area (TPSA) is 186 Å². The molecule has 1 fully saturated rings. The van der Waals surface area contributed by atoms with Gasteiger partial charge in [-0.3, -0.25) is 0 Å². The summed E-state index contributed by atoms with van der Waals surface area (Å²) in [5.41, 5.74) is -2.01. The second kappa shape index (κ2) is 7.45. The van der Waals surface area contributed by atoms with Crippen molar-refractivity contribution in [1.29, 1.82) is 0 Å². The second-order valence-electron chi connectivity index (χ2n) is 6.78. The van der Waals surface area contributed by atoms with Crippen molar-refractivity contribution in [3.63, 3.8) is 0 Å². The highest BCUT2D eigenvalue weighted by molar-refractivity contribution is 5.87. The Hall–Kier alpha value is -1.57. The van der Waals surface area contributed by atoms with Gasteiger partial charge in [-0.05, 0) is 0 Å². The van der Waals surface area contributed by atoms with Crippen molar-refractivity contribution >= 4 is 5.97 Å². The van der Waals surface area contributed by atoms with E-state index in [0.717, 1.165) is 6.26 Å². The summed E-state index contributed by atoms with van der Waals surface area (Å²) in [7, 11) is 0. The van der Waals surface area contributed by atoms with Crippen LogP contribution in [0.1, 0.15) is 0 Å². The van der Waals surface area contributed by atoms with E-state index in [1.54, 1.807) is 0 Å². The van der Waals surface area contributed by atoms with Crippen LogP contribution in [-0.2, 0) is 19.0 Å². The van der Waals surface area contributed by atoms with E-state index in [1.807, 2.05) is 0 Å². The molecule has 3 aliphatic rings. The maximum absolute atomic E-state index is 11.4. The van der Waals surface area contributed by atoms with Gasteiger partial charge in [0.05, 0.1) is 31.0 Å². The first-order valence-corrected chi connectivity index (χ1v) is 8.31. The van der Waals surface area contributed by atoms with E-state index in [4.69, 9.17) is 14.2 Å². The number of ether oxygens (including phenoxy) is 3. The normalized spacial score (nSPS) is 46.5. The minimum Gasteiger partial charge on any atom is -0.478 e. The third kappa shape index (κ3) is 3.37. The molecule has 0 amide bonds. The van der Waals surface area contributed by atoms with Gasteiger partial charge >= 0.3 is 5.97 Å². The average Bonchev–Trinajstić information content (AvgIpc) is 3.01. The Kier molecular flexibility index (Phi) is 5.57. The standard InChI is InChI=1S/C16H22O11/c17-3-8-10(19)11(20)12(21)15(26-8)27-14-9-6(1-2-16(9,24)5-18)7(4-25-14)13(22)23/h1-2,4,6,8-12,14-15,17-21,24H,3,5H2,(H,22,23)/t6-,8+,9+,10+,11-,12+,14-,15-,16+/m0/s1. The first-order valence-electron chi connectivity index (χ1n) is 8.31. The lowest BCUT2D eigenvalue weighted by Gasteiger charge is -2.44. The van der Waals surface area contributed by atoms with Gasteiger partial charge in [0.2, 0.25) is 6.29 Å². The molecule has 0 aromatic rings. The Balaban J connectivity index is 1.84. The Morgan fingerprint density at radius 2 is 1.85 bits per heavy atom. The van der Waals surface area contributed by atoms with Crippen molar-refractivity contribution in [3.05, 3.63) is 24.0 Å². The van der Waals surface area contributed by atoms with Crippen LogP contribution in [0.2, 0.25) is 0 Å². The Morgan fingerprint density at radius 3 is 2.44 bits per heavy atom. The SMILES string of the molecule is O=C(O)C1=CO[C@@H](O[C@@H]2O[C@H](CO)[C@@H](O)[C@H](O)[C@H]2O)[C@H]2[C@H]1C=C[C@@]2(O)CO. The number of fused-ring (bicyclic) bond motifs is 1. The molecule has 27 heavy (non-hydrogen) atoms. The maximum Gasteiger partial charge on any atom is 0.335 e.